The van der Waals surface area contributed by atoms with E-state index in [4.69, 9.17) is 0 Å². The first-order valence-electron chi connectivity index (χ1n) is 7.27. The molecule has 21 heavy (non-hydrogen) atoms. The topological polar surface area (TPSA) is 12.0 Å². The molecule has 104 valence electrons. The highest BCUT2D eigenvalue weighted by molar-refractivity contribution is 5.63. The van der Waals surface area contributed by atoms with Gasteiger partial charge in [-0.2, -0.15) is 0 Å². The summed E-state index contributed by atoms with van der Waals surface area (Å²) in [5.41, 5.74) is 6.24. The van der Waals surface area contributed by atoms with Crippen LogP contribution in [0.1, 0.15) is 16.7 Å². The molecule has 0 heterocycles. The number of anilines is 2. The average molecular weight is 273 g/mol. The smallest absolute Gasteiger partial charge is 0.0420 e. The van der Waals surface area contributed by atoms with Crippen molar-refractivity contribution in [2.24, 2.45) is 0 Å². The van der Waals surface area contributed by atoms with Crippen molar-refractivity contribution in [2.45, 2.75) is 13.3 Å². The summed E-state index contributed by atoms with van der Waals surface area (Å²) < 4.78 is 0. The van der Waals surface area contributed by atoms with Gasteiger partial charge in [0.2, 0.25) is 0 Å². The summed E-state index contributed by atoms with van der Waals surface area (Å²) in [6.07, 6.45) is 0.941. The Balaban J connectivity index is 1.84. The Kier molecular flexibility index (Phi) is 4.02. The van der Waals surface area contributed by atoms with E-state index in [0.29, 0.717) is 0 Å². The molecule has 3 aromatic rings. The molecule has 0 bridgehead atoms. The van der Waals surface area contributed by atoms with Crippen LogP contribution in [0.2, 0.25) is 0 Å². The lowest BCUT2D eigenvalue weighted by Gasteiger charge is -2.12. The molecule has 0 aromatic heterocycles. The second-order valence-corrected chi connectivity index (χ2v) is 5.31. The van der Waals surface area contributed by atoms with Crippen LogP contribution >= 0.6 is 0 Å². The van der Waals surface area contributed by atoms with E-state index in [9.17, 15) is 0 Å². The van der Waals surface area contributed by atoms with Crippen LogP contribution in [0, 0.1) is 6.92 Å². The predicted octanol–water partition coefficient (Wildman–Crippen LogP) is 5.33. The molecule has 0 unspecified atom stereocenters. The molecule has 0 fully saturated rings. The average Bonchev–Trinajstić information content (AvgIpc) is 2.52. The zero-order valence-corrected chi connectivity index (χ0v) is 12.2. The summed E-state index contributed by atoms with van der Waals surface area (Å²) in [6.45, 7) is 2.12. The van der Waals surface area contributed by atoms with Gasteiger partial charge in [-0.3, -0.25) is 0 Å². The van der Waals surface area contributed by atoms with Crippen molar-refractivity contribution in [3.05, 3.63) is 95.6 Å². The lowest BCUT2D eigenvalue weighted by Crippen LogP contribution is -1.97. The number of aryl methyl sites for hydroxylation is 1. The summed E-state index contributed by atoms with van der Waals surface area (Å²) >= 11 is 0. The van der Waals surface area contributed by atoms with Crippen LogP contribution in [0.25, 0.3) is 0 Å². The van der Waals surface area contributed by atoms with Gasteiger partial charge in [0.1, 0.15) is 0 Å². The van der Waals surface area contributed by atoms with Crippen LogP contribution in [0.5, 0.6) is 0 Å². The first-order chi connectivity index (χ1) is 10.3. The van der Waals surface area contributed by atoms with Crippen LogP contribution < -0.4 is 5.32 Å². The van der Waals surface area contributed by atoms with Crippen LogP contribution in [0.3, 0.4) is 0 Å². The molecule has 0 aliphatic rings. The molecule has 1 heteroatoms. The maximum Gasteiger partial charge on any atom is 0.0420 e. The van der Waals surface area contributed by atoms with Crippen molar-refractivity contribution < 1.29 is 0 Å². The highest BCUT2D eigenvalue weighted by atomic mass is 14.9. The van der Waals surface area contributed by atoms with E-state index in [1.807, 2.05) is 18.2 Å². The molecule has 0 amide bonds. The summed E-state index contributed by atoms with van der Waals surface area (Å²) in [7, 11) is 0. The van der Waals surface area contributed by atoms with E-state index in [1.54, 1.807) is 0 Å². The van der Waals surface area contributed by atoms with Crippen molar-refractivity contribution in [3.8, 4) is 0 Å². The van der Waals surface area contributed by atoms with E-state index >= 15 is 0 Å². The van der Waals surface area contributed by atoms with Gasteiger partial charge < -0.3 is 5.32 Å². The van der Waals surface area contributed by atoms with Gasteiger partial charge in [0, 0.05) is 11.4 Å². The van der Waals surface area contributed by atoms with Crippen molar-refractivity contribution >= 4 is 11.4 Å². The number of benzene rings is 3. The third-order valence-corrected chi connectivity index (χ3v) is 3.59. The number of para-hydroxylation sites is 2. The van der Waals surface area contributed by atoms with Gasteiger partial charge in [0.25, 0.3) is 0 Å². The molecule has 1 N–H and O–H groups in total. The Morgan fingerprint density at radius 2 is 1.38 bits per heavy atom. The van der Waals surface area contributed by atoms with Crippen molar-refractivity contribution in [1.29, 1.82) is 0 Å². The minimum absolute atomic E-state index is 0.941. The third-order valence-electron chi connectivity index (χ3n) is 3.59. The number of nitrogens with one attached hydrogen (secondary N) is 1. The van der Waals surface area contributed by atoms with E-state index < -0.39 is 0 Å². The summed E-state index contributed by atoms with van der Waals surface area (Å²) in [5.74, 6) is 0. The van der Waals surface area contributed by atoms with Gasteiger partial charge in [0.05, 0.1) is 0 Å². The molecular weight excluding hydrogens is 254 g/mol. The fourth-order valence-electron chi connectivity index (χ4n) is 2.40. The van der Waals surface area contributed by atoms with E-state index in [1.165, 1.54) is 22.4 Å². The second kappa shape index (κ2) is 6.27. The van der Waals surface area contributed by atoms with Gasteiger partial charge in [-0.25, -0.2) is 0 Å². The summed E-state index contributed by atoms with van der Waals surface area (Å²) in [5, 5.41) is 3.50. The molecular formula is C20H19N. The lowest BCUT2D eigenvalue weighted by atomic mass is 10.0. The molecule has 0 spiro atoms. The summed E-state index contributed by atoms with van der Waals surface area (Å²) in [6, 6.07) is 27.5. The minimum Gasteiger partial charge on any atom is -0.355 e. The van der Waals surface area contributed by atoms with E-state index in [0.717, 1.165) is 12.1 Å². The van der Waals surface area contributed by atoms with Gasteiger partial charge in [-0.1, -0.05) is 66.2 Å². The number of rotatable bonds is 4. The van der Waals surface area contributed by atoms with Gasteiger partial charge >= 0.3 is 0 Å². The fourth-order valence-corrected chi connectivity index (χ4v) is 2.40. The monoisotopic (exact) mass is 273 g/mol. The molecule has 0 aliphatic carbocycles. The van der Waals surface area contributed by atoms with Crippen LogP contribution in [0.15, 0.2) is 78.9 Å². The van der Waals surface area contributed by atoms with Crippen molar-refractivity contribution in [2.75, 3.05) is 5.32 Å². The molecule has 0 atom stereocenters. The van der Waals surface area contributed by atoms with Crippen LogP contribution in [-0.4, -0.2) is 0 Å². The summed E-state index contributed by atoms with van der Waals surface area (Å²) in [4.78, 5) is 0. The van der Waals surface area contributed by atoms with Crippen LogP contribution in [-0.2, 0) is 6.42 Å². The molecule has 0 radical (unpaired) electrons. The first-order valence-corrected chi connectivity index (χ1v) is 7.27. The van der Waals surface area contributed by atoms with Gasteiger partial charge in [-0.05, 0) is 42.7 Å². The minimum atomic E-state index is 0.941. The van der Waals surface area contributed by atoms with E-state index in [2.05, 4.69) is 72.9 Å². The number of hydrogen-bond acceptors (Lipinski definition) is 1. The highest BCUT2D eigenvalue weighted by Gasteiger charge is 2.03. The fraction of sp³-hybridized carbons (Fsp3) is 0.100. The van der Waals surface area contributed by atoms with Gasteiger partial charge in [-0.15, -0.1) is 0 Å². The van der Waals surface area contributed by atoms with Gasteiger partial charge in [0.15, 0.2) is 0 Å². The maximum atomic E-state index is 3.50. The first kappa shape index (κ1) is 13.4. The standard InChI is InChI=1S/C20H19N/c1-16-11-13-17(14-12-16)15-18-7-5-6-10-20(18)21-19-8-3-2-4-9-19/h2-14,21H,15H2,1H3. The molecule has 0 saturated heterocycles. The largest absolute Gasteiger partial charge is 0.355 e. The van der Waals surface area contributed by atoms with Crippen molar-refractivity contribution in [1.82, 2.24) is 0 Å². The Bertz CT molecular complexity index is 699. The normalized spacial score (nSPS) is 10.3. The molecule has 1 nitrogen and oxygen atoms in total. The van der Waals surface area contributed by atoms with Crippen molar-refractivity contribution in [3.63, 3.8) is 0 Å². The SMILES string of the molecule is Cc1ccc(Cc2ccccc2Nc2ccccc2)cc1. The molecule has 0 aliphatic heterocycles. The Labute approximate surface area is 126 Å². The predicted molar refractivity (Wildman–Crippen MR) is 90.2 cm³/mol. The molecule has 3 rings (SSSR count). The number of hydrogen-bond donors (Lipinski definition) is 1. The zero-order valence-electron chi connectivity index (χ0n) is 12.2. The maximum absolute atomic E-state index is 3.50. The molecule has 3 aromatic carbocycles. The Morgan fingerprint density at radius 1 is 0.714 bits per heavy atom. The Morgan fingerprint density at radius 3 is 2.14 bits per heavy atom. The lowest BCUT2D eigenvalue weighted by molar-refractivity contribution is 1.19. The highest BCUT2D eigenvalue weighted by Crippen LogP contribution is 2.23. The second-order valence-electron chi connectivity index (χ2n) is 5.31. The zero-order chi connectivity index (χ0) is 14.5. The Hall–Kier alpha value is -2.54. The third kappa shape index (κ3) is 3.51. The van der Waals surface area contributed by atoms with Crippen LogP contribution in [0.4, 0.5) is 11.4 Å². The quantitative estimate of drug-likeness (QED) is 0.677. The molecule has 0 saturated carbocycles. The van der Waals surface area contributed by atoms with E-state index in [-0.39, 0.29) is 0 Å².